The first-order valence-corrected chi connectivity index (χ1v) is 10.5. The van der Waals surface area contributed by atoms with Gasteiger partial charge in [-0.3, -0.25) is 4.79 Å². The smallest absolute Gasteiger partial charge is 0.316 e. The van der Waals surface area contributed by atoms with Crippen molar-refractivity contribution in [1.82, 2.24) is 19.9 Å². The third-order valence-corrected chi connectivity index (χ3v) is 4.73. The monoisotopic (exact) mass is 468 g/mol. The van der Waals surface area contributed by atoms with Gasteiger partial charge in [0.05, 0.1) is 20.3 Å². The van der Waals surface area contributed by atoms with E-state index < -0.39 is 5.91 Å². The topological polar surface area (TPSA) is 144 Å². The van der Waals surface area contributed by atoms with Gasteiger partial charge in [0.1, 0.15) is 13.2 Å². The number of aromatic nitrogens is 4. The van der Waals surface area contributed by atoms with Crippen LogP contribution in [0.15, 0.2) is 42.7 Å². The Kier molecular flexibility index (Phi) is 7.50. The van der Waals surface area contributed by atoms with Crippen LogP contribution in [-0.2, 0) is 4.74 Å². The summed E-state index contributed by atoms with van der Waals surface area (Å²) in [6.07, 6.45) is 3.14. The van der Waals surface area contributed by atoms with Crippen LogP contribution in [0.4, 0.5) is 5.95 Å². The van der Waals surface area contributed by atoms with Gasteiger partial charge in [-0.2, -0.15) is 4.98 Å². The van der Waals surface area contributed by atoms with E-state index in [4.69, 9.17) is 29.4 Å². The molecule has 0 unspecified atom stereocenters. The van der Waals surface area contributed by atoms with Crippen LogP contribution in [0.2, 0.25) is 0 Å². The molecule has 0 atom stereocenters. The molecular weight excluding hydrogens is 444 g/mol. The Morgan fingerprint density at radius 2 is 1.74 bits per heavy atom. The van der Waals surface area contributed by atoms with Crippen molar-refractivity contribution in [1.29, 1.82) is 0 Å². The van der Waals surface area contributed by atoms with E-state index in [2.05, 4.69) is 19.9 Å². The van der Waals surface area contributed by atoms with Crippen LogP contribution in [0, 0.1) is 0 Å². The number of morpholine rings is 1. The molecule has 178 valence electrons. The maximum atomic E-state index is 12.3. The normalized spacial score (nSPS) is 13.3. The molecule has 1 aromatic carbocycles. The first kappa shape index (κ1) is 23.0. The van der Waals surface area contributed by atoms with Gasteiger partial charge in [-0.05, 0) is 18.2 Å². The number of nitrogens with zero attached hydrogens (tertiary/aromatic N) is 5. The number of para-hydroxylation sites is 2. The van der Waals surface area contributed by atoms with Gasteiger partial charge in [-0.15, -0.1) is 0 Å². The number of primary amides is 1. The minimum Gasteiger partial charge on any atom is -0.493 e. The first-order valence-electron chi connectivity index (χ1n) is 10.5. The van der Waals surface area contributed by atoms with Gasteiger partial charge in [-0.1, -0.05) is 12.1 Å². The lowest BCUT2D eigenvalue weighted by atomic mass is 10.3. The van der Waals surface area contributed by atoms with E-state index in [0.717, 1.165) is 0 Å². The molecule has 0 radical (unpaired) electrons. The standard InChI is InChI=1S/C22H24N6O6/c1-30-15-5-2-3-6-16(15)34-18-17(19(23)29)26-21(28-9-11-31-12-10-28)27-20(18)32-13-14-33-22-24-7-4-8-25-22/h2-8H,9-14H2,1H3,(H2,23,29). The number of amides is 1. The minimum atomic E-state index is -0.791. The third kappa shape index (κ3) is 5.59. The molecule has 34 heavy (non-hydrogen) atoms. The fraction of sp³-hybridized carbons (Fsp3) is 0.318. The number of nitrogens with two attached hydrogens (primary N) is 1. The Morgan fingerprint density at radius 3 is 2.44 bits per heavy atom. The lowest BCUT2D eigenvalue weighted by Crippen LogP contribution is -2.37. The molecular formula is C22H24N6O6. The molecule has 1 aliphatic rings. The van der Waals surface area contributed by atoms with Gasteiger partial charge in [0.15, 0.2) is 17.2 Å². The molecule has 2 N–H and O–H groups in total. The Labute approximate surface area is 195 Å². The van der Waals surface area contributed by atoms with E-state index >= 15 is 0 Å². The van der Waals surface area contributed by atoms with Crippen LogP contribution >= 0.6 is 0 Å². The van der Waals surface area contributed by atoms with Crippen LogP contribution in [-0.4, -0.2) is 72.5 Å². The number of benzene rings is 1. The highest BCUT2D eigenvalue weighted by molar-refractivity contribution is 5.94. The predicted octanol–water partition coefficient (Wildman–Crippen LogP) is 1.46. The average Bonchev–Trinajstić information content (AvgIpc) is 2.88. The van der Waals surface area contributed by atoms with E-state index in [0.29, 0.717) is 37.8 Å². The van der Waals surface area contributed by atoms with Gasteiger partial charge in [-0.25, -0.2) is 15.0 Å². The number of carbonyl (C=O) groups is 1. The summed E-state index contributed by atoms with van der Waals surface area (Å²) < 4.78 is 28.1. The van der Waals surface area contributed by atoms with Crippen molar-refractivity contribution in [3.8, 4) is 29.1 Å². The summed E-state index contributed by atoms with van der Waals surface area (Å²) >= 11 is 0. The number of hydrogen-bond donors (Lipinski definition) is 1. The van der Waals surface area contributed by atoms with Crippen molar-refractivity contribution < 1.29 is 28.5 Å². The summed E-state index contributed by atoms with van der Waals surface area (Å²) in [4.78, 5) is 31.1. The highest BCUT2D eigenvalue weighted by Gasteiger charge is 2.26. The Balaban J connectivity index is 1.64. The van der Waals surface area contributed by atoms with Crippen molar-refractivity contribution in [3.63, 3.8) is 0 Å². The third-order valence-electron chi connectivity index (χ3n) is 4.73. The maximum absolute atomic E-state index is 12.3. The van der Waals surface area contributed by atoms with Crippen LogP contribution < -0.4 is 29.6 Å². The molecule has 0 aliphatic carbocycles. The number of methoxy groups -OCH3 is 1. The van der Waals surface area contributed by atoms with Gasteiger partial charge < -0.3 is 34.3 Å². The van der Waals surface area contributed by atoms with Crippen LogP contribution in [0.25, 0.3) is 0 Å². The zero-order chi connectivity index (χ0) is 23.8. The Bertz CT molecular complexity index is 1110. The lowest BCUT2D eigenvalue weighted by molar-refractivity contribution is 0.0991. The van der Waals surface area contributed by atoms with E-state index in [1.54, 1.807) is 42.7 Å². The van der Waals surface area contributed by atoms with Gasteiger partial charge >= 0.3 is 6.01 Å². The van der Waals surface area contributed by atoms with Crippen molar-refractivity contribution in [2.24, 2.45) is 5.73 Å². The van der Waals surface area contributed by atoms with Crippen molar-refractivity contribution >= 4 is 11.9 Å². The molecule has 2 aromatic heterocycles. The summed E-state index contributed by atoms with van der Waals surface area (Å²) in [5.74, 6) is 0.297. The molecule has 0 bridgehead atoms. The Morgan fingerprint density at radius 1 is 1.03 bits per heavy atom. The molecule has 12 heteroatoms. The van der Waals surface area contributed by atoms with E-state index in [9.17, 15) is 4.79 Å². The van der Waals surface area contributed by atoms with Crippen LogP contribution in [0.5, 0.6) is 29.1 Å². The second-order valence-electron chi connectivity index (χ2n) is 6.95. The highest BCUT2D eigenvalue weighted by atomic mass is 16.6. The molecule has 12 nitrogen and oxygen atoms in total. The fourth-order valence-electron chi connectivity index (χ4n) is 3.12. The van der Waals surface area contributed by atoms with E-state index in [1.807, 2.05) is 4.90 Å². The average molecular weight is 468 g/mol. The zero-order valence-corrected chi connectivity index (χ0v) is 18.5. The van der Waals surface area contributed by atoms with Gasteiger partial charge in [0.25, 0.3) is 11.8 Å². The summed E-state index contributed by atoms with van der Waals surface area (Å²) in [6, 6.07) is 8.85. The van der Waals surface area contributed by atoms with Crippen LogP contribution in [0.1, 0.15) is 10.5 Å². The molecule has 3 heterocycles. The number of hydrogen-bond acceptors (Lipinski definition) is 11. The molecule has 1 saturated heterocycles. The molecule has 3 aromatic rings. The fourth-order valence-corrected chi connectivity index (χ4v) is 3.12. The number of ether oxygens (including phenoxy) is 5. The highest BCUT2D eigenvalue weighted by Crippen LogP contribution is 2.38. The van der Waals surface area contributed by atoms with Gasteiger partial charge in [0.2, 0.25) is 11.7 Å². The van der Waals surface area contributed by atoms with Crippen molar-refractivity contribution in [2.75, 3.05) is 51.5 Å². The summed E-state index contributed by atoms with van der Waals surface area (Å²) in [5, 5.41) is 0. The second-order valence-corrected chi connectivity index (χ2v) is 6.95. The summed E-state index contributed by atoms with van der Waals surface area (Å²) in [6.45, 7) is 2.32. The SMILES string of the molecule is COc1ccccc1Oc1c(OCCOc2ncccn2)nc(N2CCOCC2)nc1C(N)=O. The molecule has 1 amide bonds. The summed E-state index contributed by atoms with van der Waals surface area (Å²) in [7, 11) is 1.51. The van der Waals surface area contributed by atoms with E-state index in [1.165, 1.54) is 7.11 Å². The zero-order valence-electron chi connectivity index (χ0n) is 18.5. The molecule has 4 rings (SSSR count). The largest absolute Gasteiger partial charge is 0.493 e. The molecule has 0 saturated carbocycles. The Hall–Kier alpha value is -4.19. The van der Waals surface area contributed by atoms with Gasteiger partial charge in [0, 0.05) is 25.5 Å². The number of anilines is 1. The molecule has 1 aliphatic heterocycles. The lowest BCUT2D eigenvalue weighted by Gasteiger charge is -2.27. The quantitative estimate of drug-likeness (QED) is 0.432. The maximum Gasteiger partial charge on any atom is 0.316 e. The number of carbonyl (C=O) groups excluding carboxylic acids is 1. The predicted molar refractivity (Wildman–Crippen MR) is 120 cm³/mol. The number of rotatable bonds is 10. The van der Waals surface area contributed by atoms with Crippen LogP contribution in [0.3, 0.4) is 0 Å². The minimum absolute atomic E-state index is 0.0232. The summed E-state index contributed by atoms with van der Waals surface area (Å²) in [5.41, 5.74) is 5.54. The second kappa shape index (κ2) is 11.1. The van der Waals surface area contributed by atoms with E-state index in [-0.39, 0.29) is 42.5 Å². The van der Waals surface area contributed by atoms with Crippen molar-refractivity contribution in [2.45, 2.75) is 0 Å². The molecule has 0 spiro atoms. The molecule has 1 fully saturated rings. The first-order chi connectivity index (χ1) is 16.7. The van der Waals surface area contributed by atoms with Crippen molar-refractivity contribution in [3.05, 3.63) is 48.4 Å².